The maximum absolute atomic E-state index is 10.3. The Hall–Kier alpha value is -0.0400. The second-order valence-electron chi connectivity index (χ2n) is 12.6. The van der Waals surface area contributed by atoms with E-state index in [2.05, 4.69) is 34.6 Å². The Morgan fingerprint density at radius 1 is 0.821 bits per heavy atom. The fourth-order valence-electron chi connectivity index (χ4n) is 9.26. The van der Waals surface area contributed by atoms with E-state index in [0.29, 0.717) is 10.8 Å². The van der Waals surface area contributed by atoms with Gasteiger partial charge in [0.05, 0.1) is 6.10 Å². The predicted octanol–water partition coefficient (Wildman–Crippen LogP) is 7.47. The fraction of sp³-hybridized carbons (Fsp3) is 1.00. The highest BCUT2D eigenvalue weighted by Gasteiger charge is 2.60. The van der Waals surface area contributed by atoms with Crippen molar-refractivity contribution in [3.05, 3.63) is 0 Å². The average molecular weight is 389 g/mol. The molecule has 1 heteroatoms. The predicted molar refractivity (Wildman–Crippen MR) is 119 cm³/mol. The topological polar surface area (TPSA) is 20.2 Å². The largest absolute Gasteiger partial charge is 0.393 e. The summed E-state index contributed by atoms with van der Waals surface area (Å²) in [7, 11) is 0. The Morgan fingerprint density at radius 2 is 1.54 bits per heavy atom. The molecule has 4 aliphatic rings. The summed E-state index contributed by atoms with van der Waals surface area (Å²) < 4.78 is 0. The minimum absolute atomic E-state index is 0.00830. The Balaban J connectivity index is 1.46. The first-order valence-electron chi connectivity index (χ1n) is 12.9. The fourth-order valence-corrected chi connectivity index (χ4v) is 9.26. The number of aliphatic hydroxyl groups excluding tert-OH is 1. The average Bonchev–Trinajstić information content (AvgIpc) is 2.99. The molecule has 9 atom stereocenters. The zero-order valence-corrected chi connectivity index (χ0v) is 19.6. The molecule has 0 aromatic carbocycles. The van der Waals surface area contributed by atoms with Gasteiger partial charge in [0.25, 0.3) is 0 Å². The van der Waals surface area contributed by atoms with Crippen molar-refractivity contribution < 1.29 is 5.11 Å². The number of rotatable bonds is 5. The van der Waals surface area contributed by atoms with Crippen molar-refractivity contribution in [3.63, 3.8) is 0 Å². The molecular weight excluding hydrogens is 340 g/mol. The summed E-state index contributed by atoms with van der Waals surface area (Å²) in [5, 5.41) is 10.3. The van der Waals surface area contributed by atoms with Crippen LogP contribution in [-0.4, -0.2) is 11.2 Å². The summed E-state index contributed by atoms with van der Waals surface area (Å²) in [5.74, 6) is 6.49. The van der Waals surface area contributed by atoms with Crippen LogP contribution in [0.2, 0.25) is 0 Å². The quantitative estimate of drug-likeness (QED) is 0.518. The molecule has 0 bridgehead atoms. The number of hydrogen-bond donors (Lipinski definition) is 1. The van der Waals surface area contributed by atoms with E-state index in [1.165, 1.54) is 64.2 Å². The lowest BCUT2D eigenvalue weighted by molar-refractivity contribution is -0.129. The zero-order chi connectivity index (χ0) is 20.1. The molecule has 1 nitrogen and oxygen atoms in total. The molecular formula is C27H48O. The summed E-state index contributed by atoms with van der Waals surface area (Å²) >= 11 is 0. The Morgan fingerprint density at radius 3 is 2.29 bits per heavy atom. The monoisotopic (exact) mass is 388 g/mol. The molecule has 0 heterocycles. The van der Waals surface area contributed by atoms with Crippen LogP contribution in [0.25, 0.3) is 0 Å². The van der Waals surface area contributed by atoms with Crippen molar-refractivity contribution in [2.75, 3.05) is 0 Å². The van der Waals surface area contributed by atoms with Crippen LogP contribution in [0.3, 0.4) is 0 Å². The van der Waals surface area contributed by atoms with Crippen LogP contribution in [-0.2, 0) is 0 Å². The summed E-state index contributed by atoms with van der Waals surface area (Å²) in [4.78, 5) is 0. The SMILES string of the molecule is CC(C)CCC[C@H](C)[C@@H]1CC[C@H]2[C@H]3CC[C@H]4C[C@H](O)CC[C@]4(C)[C@@H]3CC[C@@]21C. The normalized spacial score (nSPS) is 49.4. The van der Waals surface area contributed by atoms with E-state index in [1.807, 2.05) is 0 Å². The van der Waals surface area contributed by atoms with Gasteiger partial charge in [-0.25, -0.2) is 0 Å². The molecule has 0 unspecified atom stereocenters. The molecule has 1 N–H and O–H groups in total. The minimum Gasteiger partial charge on any atom is -0.393 e. The second-order valence-corrected chi connectivity index (χ2v) is 12.6. The highest BCUT2D eigenvalue weighted by molar-refractivity contribution is 5.09. The molecule has 162 valence electrons. The van der Waals surface area contributed by atoms with Crippen LogP contribution in [0.4, 0.5) is 0 Å². The second kappa shape index (κ2) is 7.90. The van der Waals surface area contributed by atoms with Crippen LogP contribution in [0.5, 0.6) is 0 Å². The van der Waals surface area contributed by atoms with Crippen molar-refractivity contribution in [1.82, 2.24) is 0 Å². The minimum atomic E-state index is -0.00830. The zero-order valence-electron chi connectivity index (χ0n) is 19.6. The molecule has 0 amide bonds. The van der Waals surface area contributed by atoms with E-state index >= 15 is 0 Å². The van der Waals surface area contributed by atoms with Gasteiger partial charge in [-0.15, -0.1) is 0 Å². The molecule has 4 rings (SSSR count). The van der Waals surface area contributed by atoms with Crippen LogP contribution in [0.1, 0.15) is 112 Å². The lowest BCUT2D eigenvalue weighted by atomic mass is 9.44. The molecule has 0 aromatic rings. The third kappa shape index (κ3) is 3.50. The first kappa shape index (κ1) is 21.2. The van der Waals surface area contributed by atoms with E-state index in [-0.39, 0.29) is 6.10 Å². The van der Waals surface area contributed by atoms with Crippen LogP contribution >= 0.6 is 0 Å². The lowest BCUT2D eigenvalue weighted by Crippen LogP contribution is -2.54. The maximum Gasteiger partial charge on any atom is 0.0543 e. The highest BCUT2D eigenvalue weighted by atomic mass is 16.3. The first-order valence-corrected chi connectivity index (χ1v) is 12.9. The molecule has 4 aliphatic carbocycles. The van der Waals surface area contributed by atoms with Crippen LogP contribution in [0, 0.1) is 52.3 Å². The van der Waals surface area contributed by atoms with Gasteiger partial charge in [0.15, 0.2) is 0 Å². The molecule has 28 heavy (non-hydrogen) atoms. The highest BCUT2D eigenvalue weighted by Crippen LogP contribution is 2.68. The maximum atomic E-state index is 10.3. The van der Waals surface area contributed by atoms with Crippen molar-refractivity contribution >= 4 is 0 Å². The van der Waals surface area contributed by atoms with Gasteiger partial charge >= 0.3 is 0 Å². The lowest BCUT2D eigenvalue weighted by Gasteiger charge is -2.61. The van der Waals surface area contributed by atoms with E-state index < -0.39 is 0 Å². The van der Waals surface area contributed by atoms with Crippen molar-refractivity contribution in [2.24, 2.45) is 52.3 Å². The molecule has 4 saturated carbocycles. The van der Waals surface area contributed by atoms with Crippen molar-refractivity contribution in [2.45, 2.75) is 118 Å². The smallest absolute Gasteiger partial charge is 0.0543 e. The molecule has 0 saturated heterocycles. The molecule has 0 aliphatic heterocycles. The molecule has 4 fully saturated rings. The van der Waals surface area contributed by atoms with Gasteiger partial charge in [0.1, 0.15) is 0 Å². The van der Waals surface area contributed by atoms with Crippen molar-refractivity contribution in [3.8, 4) is 0 Å². The van der Waals surface area contributed by atoms with Crippen LogP contribution in [0.15, 0.2) is 0 Å². The first-order chi connectivity index (χ1) is 13.3. The summed E-state index contributed by atoms with van der Waals surface area (Å²) in [6.07, 6.45) is 16.6. The van der Waals surface area contributed by atoms with Crippen LogP contribution < -0.4 is 0 Å². The van der Waals surface area contributed by atoms with Gasteiger partial charge < -0.3 is 5.11 Å². The molecule has 0 spiro atoms. The Kier molecular flexibility index (Phi) is 5.98. The summed E-state index contributed by atoms with van der Waals surface area (Å²) in [6.45, 7) is 12.7. The molecule has 0 aromatic heterocycles. The molecule has 0 radical (unpaired) electrons. The Bertz CT molecular complexity index is 540. The summed E-state index contributed by atoms with van der Waals surface area (Å²) in [6, 6.07) is 0. The Labute approximate surface area is 175 Å². The van der Waals surface area contributed by atoms with Gasteiger partial charge in [0.2, 0.25) is 0 Å². The van der Waals surface area contributed by atoms with E-state index in [9.17, 15) is 5.11 Å². The summed E-state index contributed by atoms with van der Waals surface area (Å²) in [5.41, 5.74) is 1.15. The van der Waals surface area contributed by atoms with Gasteiger partial charge in [0, 0.05) is 0 Å². The van der Waals surface area contributed by atoms with Gasteiger partial charge in [-0.1, -0.05) is 53.9 Å². The number of aliphatic hydroxyl groups is 1. The third-order valence-electron chi connectivity index (χ3n) is 10.8. The number of fused-ring (bicyclic) bond motifs is 5. The standard InChI is InChI=1S/C27H48O/c1-18(2)7-6-8-19(3)23-11-12-24-22-10-9-20-17-21(28)13-15-26(20,4)25(22)14-16-27(23,24)5/h18-25,28H,6-17H2,1-5H3/t19-,20-,21+,22+,23-,24-,25+,26-,27+/m0/s1. The van der Waals surface area contributed by atoms with E-state index in [4.69, 9.17) is 0 Å². The van der Waals surface area contributed by atoms with E-state index in [0.717, 1.165) is 54.3 Å². The van der Waals surface area contributed by atoms with E-state index in [1.54, 1.807) is 0 Å². The number of hydrogen-bond acceptors (Lipinski definition) is 1. The third-order valence-corrected chi connectivity index (χ3v) is 10.8. The van der Waals surface area contributed by atoms with Crippen molar-refractivity contribution in [1.29, 1.82) is 0 Å². The van der Waals surface area contributed by atoms with Gasteiger partial charge in [-0.3, -0.25) is 0 Å². The van der Waals surface area contributed by atoms with Gasteiger partial charge in [-0.2, -0.15) is 0 Å². The van der Waals surface area contributed by atoms with Gasteiger partial charge in [-0.05, 0) is 110 Å².